The Morgan fingerprint density at radius 1 is 1.03 bits per heavy atom. The summed E-state index contributed by atoms with van der Waals surface area (Å²) in [5.41, 5.74) is 0.538. The maximum absolute atomic E-state index is 13.1. The number of sulfonamides is 1. The van der Waals surface area contributed by atoms with Gasteiger partial charge in [0.25, 0.3) is 5.91 Å². The zero-order valence-corrected chi connectivity index (χ0v) is 19.7. The Bertz CT molecular complexity index is 1140. The van der Waals surface area contributed by atoms with Crippen LogP contribution in [0.1, 0.15) is 29.8 Å². The smallest absolute Gasteiger partial charge is 0.254 e. The molecule has 7 nitrogen and oxygen atoms in total. The van der Waals surface area contributed by atoms with Gasteiger partial charge in [0.2, 0.25) is 15.9 Å². The molecule has 2 aliphatic heterocycles. The van der Waals surface area contributed by atoms with E-state index < -0.39 is 21.3 Å². The first-order chi connectivity index (χ1) is 15.1. The van der Waals surface area contributed by atoms with E-state index in [2.05, 4.69) is 17.0 Å². The quantitative estimate of drug-likeness (QED) is 0.679. The van der Waals surface area contributed by atoms with Gasteiger partial charge in [-0.3, -0.25) is 14.5 Å². The van der Waals surface area contributed by atoms with Gasteiger partial charge in [-0.1, -0.05) is 41.9 Å². The van der Waals surface area contributed by atoms with Gasteiger partial charge in [0, 0.05) is 38.3 Å². The minimum Gasteiger partial charge on any atom is -0.336 e. The Morgan fingerprint density at radius 2 is 1.69 bits per heavy atom. The van der Waals surface area contributed by atoms with E-state index in [0.717, 1.165) is 23.9 Å². The Hall–Kier alpha value is -2.42. The Morgan fingerprint density at radius 3 is 2.28 bits per heavy atom. The number of carbonyl (C=O) groups excluding carboxylic acids is 2. The van der Waals surface area contributed by atoms with Crippen molar-refractivity contribution in [1.82, 2.24) is 9.80 Å². The first-order valence-electron chi connectivity index (χ1n) is 10.5. The van der Waals surface area contributed by atoms with E-state index in [1.165, 1.54) is 17.7 Å². The largest absolute Gasteiger partial charge is 0.336 e. The van der Waals surface area contributed by atoms with Crippen LogP contribution in [0.3, 0.4) is 0 Å². The number of hydrogen-bond acceptors (Lipinski definition) is 5. The summed E-state index contributed by atoms with van der Waals surface area (Å²) in [6.45, 7) is 6.63. The molecule has 0 spiro atoms. The lowest BCUT2D eigenvalue weighted by molar-refractivity contribution is -0.123. The summed E-state index contributed by atoms with van der Waals surface area (Å²) in [6, 6.07) is 14.6. The van der Waals surface area contributed by atoms with Gasteiger partial charge in [0.05, 0.1) is 21.9 Å². The highest BCUT2D eigenvalue weighted by molar-refractivity contribution is 7.94. The van der Waals surface area contributed by atoms with Crippen molar-refractivity contribution in [2.75, 3.05) is 36.2 Å². The fraction of sp³-hybridized carbons (Fsp3) is 0.391. The van der Waals surface area contributed by atoms with Crippen LogP contribution in [0.15, 0.2) is 48.5 Å². The number of halogens is 1. The van der Waals surface area contributed by atoms with Gasteiger partial charge in [-0.15, -0.1) is 0 Å². The highest BCUT2D eigenvalue weighted by Gasteiger charge is 2.50. The van der Waals surface area contributed by atoms with Crippen LogP contribution < -0.4 is 4.31 Å². The molecule has 32 heavy (non-hydrogen) atoms. The third kappa shape index (κ3) is 4.40. The summed E-state index contributed by atoms with van der Waals surface area (Å²) >= 11 is 6.26. The second-order valence-corrected chi connectivity index (χ2v) is 11.2. The number of rotatable bonds is 4. The highest BCUT2D eigenvalue weighted by atomic mass is 35.5. The summed E-state index contributed by atoms with van der Waals surface area (Å²) in [6.07, 6.45) is 0. The van der Waals surface area contributed by atoms with Gasteiger partial charge in [0.1, 0.15) is 0 Å². The van der Waals surface area contributed by atoms with Crippen LogP contribution in [0.2, 0.25) is 5.02 Å². The first kappa shape index (κ1) is 22.8. The molecule has 0 aliphatic carbocycles. The zero-order valence-electron chi connectivity index (χ0n) is 18.1. The standard InChI is InChI=1S/C23H26ClN3O4S/c1-23(2)16-32(30,31)27(22(23)29)20-14-18(8-9-19(20)24)21(28)26-12-10-25(11-13-26)15-17-6-4-3-5-7-17/h3-9,14H,10-13,15-16H2,1-2H3. The van der Waals surface area contributed by atoms with E-state index in [4.69, 9.17) is 11.6 Å². The summed E-state index contributed by atoms with van der Waals surface area (Å²) < 4.78 is 26.1. The van der Waals surface area contributed by atoms with Crippen molar-refractivity contribution in [2.24, 2.45) is 5.41 Å². The van der Waals surface area contributed by atoms with Crippen LogP contribution in [-0.4, -0.2) is 62.0 Å². The molecule has 9 heteroatoms. The van der Waals surface area contributed by atoms with Crippen LogP contribution in [0, 0.1) is 5.41 Å². The van der Waals surface area contributed by atoms with E-state index in [0.29, 0.717) is 18.7 Å². The molecular weight excluding hydrogens is 450 g/mol. The van der Waals surface area contributed by atoms with E-state index >= 15 is 0 Å². The lowest BCUT2D eigenvalue weighted by Gasteiger charge is -2.35. The Kier molecular flexibility index (Phi) is 6.04. The highest BCUT2D eigenvalue weighted by Crippen LogP contribution is 2.39. The topological polar surface area (TPSA) is 78.0 Å². The molecular formula is C23H26ClN3O4S. The summed E-state index contributed by atoms with van der Waals surface area (Å²) in [5.74, 6) is -1.04. The summed E-state index contributed by atoms with van der Waals surface area (Å²) in [7, 11) is -3.86. The molecule has 2 aliphatic rings. The number of nitrogens with zero attached hydrogens (tertiary/aromatic N) is 3. The first-order valence-corrected chi connectivity index (χ1v) is 12.5. The predicted octanol–water partition coefficient (Wildman–Crippen LogP) is 3.00. The average molecular weight is 476 g/mol. The molecule has 2 saturated heterocycles. The summed E-state index contributed by atoms with van der Waals surface area (Å²) in [5, 5.41) is 0.115. The monoisotopic (exact) mass is 475 g/mol. The minimum absolute atomic E-state index is 0.0378. The fourth-order valence-corrected chi connectivity index (χ4v) is 6.54. The van der Waals surface area contributed by atoms with Crippen LogP contribution in [-0.2, 0) is 21.4 Å². The normalized spacial score (nSPS) is 20.5. The van der Waals surface area contributed by atoms with Crippen LogP contribution in [0.25, 0.3) is 0 Å². The zero-order chi connectivity index (χ0) is 23.1. The van der Waals surface area contributed by atoms with Crippen LogP contribution in [0.4, 0.5) is 5.69 Å². The van der Waals surface area contributed by atoms with Gasteiger partial charge < -0.3 is 4.90 Å². The Labute approximate surface area is 193 Å². The summed E-state index contributed by atoms with van der Waals surface area (Å²) in [4.78, 5) is 29.9. The van der Waals surface area contributed by atoms with Crippen molar-refractivity contribution in [2.45, 2.75) is 20.4 Å². The van der Waals surface area contributed by atoms with E-state index in [9.17, 15) is 18.0 Å². The van der Waals surface area contributed by atoms with Gasteiger partial charge in [-0.05, 0) is 37.6 Å². The average Bonchev–Trinajstić information content (AvgIpc) is 2.91. The maximum Gasteiger partial charge on any atom is 0.254 e. The van der Waals surface area contributed by atoms with Gasteiger partial charge in [-0.2, -0.15) is 0 Å². The molecule has 2 amide bonds. The van der Waals surface area contributed by atoms with Crippen molar-refractivity contribution < 1.29 is 18.0 Å². The molecule has 170 valence electrons. The molecule has 0 aromatic heterocycles. The van der Waals surface area contributed by atoms with E-state index in [-0.39, 0.29) is 22.4 Å². The molecule has 4 rings (SSSR count). The molecule has 2 fully saturated rings. The second-order valence-electron chi connectivity index (χ2n) is 8.93. The molecule has 0 bridgehead atoms. The van der Waals surface area contributed by atoms with E-state index in [1.54, 1.807) is 24.8 Å². The molecule has 2 aromatic carbocycles. The SMILES string of the molecule is CC1(C)CS(=O)(=O)N(c2cc(C(=O)N3CCN(Cc4ccccc4)CC3)ccc2Cl)C1=O. The van der Waals surface area contributed by atoms with Crippen molar-refractivity contribution in [3.63, 3.8) is 0 Å². The fourth-order valence-electron chi connectivity index (χ4n) is 4.18. The number of carbonyl (C=O) groups is 2. The minimum atomic E-state index is -3.86. The Balaban J connectivity index is 1.49. The molecule has 0 unspecified atom stereocenters. The molecule has 0 atom stereocenters. The third-order valence-electron chi connectivity index (χ3n) is 5.91. The maximum atomic E-state index is 13.1. The molecule has 0 radical (unpaired) electrons. The van der Waals surface area contributed by atoms with Crippen LogP contribution in [0.5, 0.6) is 0 Å². The van der Waals surface area contributed by atoms with Crippen molar-refractivity contribution in [3.8, 4) is 0 Å². The lowest BCUT2D eigenvalue weighted by Crippen LogP contribution is -2.48. The number of amides is 2. The van der Waals surface area contributed by atoms with E-state index in [1.807, 2.05) is 18.2 Å². The molecule has 2 aromatic rings. The number of piperazine rings is 1. The molecule has 0 N–H and O–H groups in total. The van der Waals surface area contributed by atoms with Crippen molar-refractivity contribution in [3.05, 3.63) is 64.7 Å². The molecule has 0 saturated carbocycles. The number of anilines is 1. The van der Waals surface area contributed by atoms with Gasteiger partial charge >= 0.3 is 0 Å². The van der Waals surface area contributed by atoms with Gasteiger partial charge in [0.15, 0.2) is 0 Å². The number of benzene rings is 2. The predicted molar refractivity (Wildman–Crippen MR) is 124 cm³/mol. The van der Waals surface area contributed by atoms with Gasteiger partial charge in [-0.25, -0.2) is 12.7 Å². The number of hydrogen-bond donors (Lipinski definition) is 0. The lowest BCUT2D eigenvalue weighted by atomic mass is 9.95. The third-order valence-corrected chi connectivity index (χ3v) is 8.23. The van der Waals surface area contributed by atoms with Crippen LogP contribution >= 0.6 is 11.6 Å². The van der Waals surface area contributed by atoms with Crippen molar-refractivity contribution in [1.29, 1.82) is 0 Å². The molecule has 2 heterocycles. The van der Waals surface area contributed by atoms with Crippen molar-refractivity contribution >= 4 is 39.1 Å². The second kappa shape index (κ2) is 8.50.